The summed E-state index contributed by atoms with van der Waals surface area (Å²) in [6, 6.07) is 0. The summed E-state index contributed by atoms with van der Waals surface area (Å²) in [4.78, 5) is 11.7. The van der Waals surface area contributed by atoms with Crippen LogP contribution in [0.15, 0.2) is 11.5 Å². The molecule has 0 aliphatic carbocycles. The summed E-state index contributed by atoms with van der Waals surface area (Å²) in [7, 11) is 0. The van der Waals surface area contributed by atoms with Gasteiger partial charge in [-0.05, 0) is 6.92 Å². The minimum Gasteiger partial charge on any atom is -0.506 e. The number of hydrogen-bond acceptors (Lipinski definition) is 9. The highest BCUT2D eigenvalue weighted by molar-refractivity contribution is 5.96. The van der Waals surface area contributed by atoms with Gasteiger partial charge in [-0.25, -0.2) is 0 Å². The van der Waals surface area contributed by atoms with E-state index in [-0.39, 0.29) is 6.42 Å². The van der Waals surface area contributed by atoms with Crippen LogP contribution in [0.4, 0.5) is 0 Å². The zero-order chi connectivity index (χ0) is 17.4. The van der Waals surface area contributed by atoms with Gasteiger partial charge in [0.25, 0.3) is 5.78 Å². The average Bonchev–Trinajstić information content (AvgIpc) is 2.51. The maximum absolute atomic E-state index is 11.7. The molecule has 10 heteroatoms. The van der Waals surface area contributed by atoms with Gasteiger partial charge in [-0.15, -0.1) is 0 Å². The first-order valence-electron chi connectivity index (χ1n) is 7.01. The Kier molecular flexibility index (Phi) is 5.26. The SMILES string of the molecule is CC1O[C@@H](OCC2([OH2+])CC(O)[C@@H](O)C(CO)O2)C(=O)C(O)=C1O. The van der Waals surface area contributed by atoms with Gasteiger partial charge in [0.15, 0.2) is 12.4 Å². The van der Waals surface area contributed by atoms with Gasteiger partial charge in [0.05, 0.1) is 19.1 Å². The van der Waals surface area contributed by atoms with Gasteiger partial charge in [-0.2, -0.15) is 0 Å². The van der Waals surface area contributed by atoms with Crippen LogP contribution in [0.25, 0.3) is 0 Å². The van der Waals surface area contributed by atoms with Gasteiger partial charge in [-0.3, -0.25) is 9.53 Å². The topological polar surface area (TPSA) is 169 Å². The number of aliphatic hydroxyl groups is 5. The van der Waals surface area contributed by atoms with E-state index in [0.717, 1.165) is 0 Å². The van der Waals surface area contributed by atoms with Gasteiger partial charge >= 0.3 is 5.79 Å². The highest BCUT2D eigenvalue weighted by atomic mass is 16.7. The molecule has 10 nitrogen and oxygen atoms in total. The number of carbonyl (C=O) groups is 1. The Labute approximate surface area is 131 Å². The number of ether oxygens (including phenoxy) is 3. The first-order chi connectivity index (χ1) is 10.7. The van der Waals surface area contributed by atoms with E-state index in [9.17, 15) is 25.2 Å². The Morgan fingerprint density at radius 3 is 2.65 bits per heavy atom. The fraction of sp³-hybridized carbons (Fsp3) is 0.769. The van der Waals surface area contributed by atoms with E-state index >= 15 is 0 Å². The summed E-state index contributed by atoms with van der Waals surface area (Å²) in [5.41, 5.74) is 0. The fourth-order valence-electron chi connectivity index (χ4n) is 2.42. The maximum atomic E-state index is 11.7. The predicted molar refractivity (Wildman–Crippen MR) is 72.5 cm³/mol. The number of hydrogen-bond donors (Lipinski definition) is 5. The molecular weight excluding hydrogens is 316 g/mol. The van der Waals surface area contributed by atoms with Gasteiger partial charge < -0.3 is 40.1 Å². The van der Waals surface area contributed by atoms with Crippen LogP contribution in [0.1, 0.15) is 13.3 Å². The van der Waals surface area contributed by atoms with Crippen molar-refractivity contribution in [2.75, 3.05) is 13.2 Å². The summed E-state index contributed by atoms with van der Waals surface area (Å²) >= 11 is 0. The molecule has 0 bridgehead atoms. The molecule has 7 N–H and O–H groups in total. The molecule has 1 saturated heterocycles. The minimum absolute atomic E-state index is 0.311. The van der Waals surface area contributed by atoms with Crippen LogP contribution in [-0.2, 0) is 19.0 Å². The number of Topliss-reactive ketones (excluding diaryl/α,β-unsaturated/α-hetero) is 1. The van der Waals surface area contributed by atoms with Crippen molar-refractivity contribution in [3.63, 3.8) is 0 Å². The quantitative estimate of drug-likeness (QED) is 0.350. The highest BCUT2D eigenvalue weighted by Gasteiger charge is 2.50. The molecular formula is C13H21O10+. The van der Waals surface area contributed by atoms with Crippen LogP contribution in [-0.4, -0.2) is 86.1 Å². The standard InChI is InChI=1S/C13H20O10/c1-5-8(16)10(18)11(19)12(22-5)21-4-13(20)2-6(15)9(17)7(3-14)23-13/h5-7,9,12,14-18,20H,2-4H2,1H3/p+1/t5?,6?,7?,9-,12-,13?/m1/s1. The van der Waals surface area contributed by atoms with E-state index < -0.39 is 67.0 Å². The lowest BCUT2D eigenvalue weighted by Crippen LogP contribution is -2.58. The van der Waals surface area contributed by atoms with Crippen molar-refractivity contribution in [3.8, 4) is 0 Å². The molecule has 2 aliphatic rings. The summed E-state index contributed by atoms with van der Waals surface area (Å²) in [5.74, 6) is -4.30. The van der Waals surface area contributed by atoms with Gasteiger partial charge in [0.1, 0.15) is 18.3 Å². The minimum atomic E-state index is -1.82. The summed E-state index contributed by atoms with van der Waals surface area (Å²) in [6.45, 7) is 0.264. The number of carbonyl (C=O) groups excluding carboxylic acids is 1. The molecule has 6 atom stereocenters. The van der Waals surface area contributed by atoms with Crippen molar-refractivity contribution in [2.45, 2.75) is 49.8 Å². The molecule has 0 radical (unpaired) electrons. The van der Waals surface area contributed by atoms with E-state index in [1.165, 1.54) is 6.92 Å². The van der Waals surface area contributed by atoms with Crippen molar-refractivity contribution >= 4 is 5.78 Å². The number of aliphatic hydroxyl groups excluding tert-OH is 5. The third-order valence-electron chi connectivity index (χ3n) is 3.74. The van der Waals surface area contributed by atoms with Crippen molar-refractivity contribution in [2.24, 2.45) is 0 Å². The van der Waals surface area contributed by atoms with Crippen LogP contribution >= 0.6 is 0 Å². The smallest absolute Gasteiger partial charge is 0.300 e. The Balaban J connectivity index is 2.01. The molecule has 132 valence electrons. The monoisotopic (exact) mass is 337 g/mol. The normalized spacial score (nSPS) is 42.1. The second kappa shape index (κ2) is 6.69. The molecule has 0 saturated carbocycles. The second-order valence-electron chi connectivity index (χ2n) is 5.61. The van der Waals surface area contributed by atoms with Gasteiger partial charge in [0.2, 0.25) is 12.0 Å². The van der Waals surface area contributed by atoms with Crippen LogP contribution in [0.5, 0.6) is 0 Å². The molecule has 1 fully saturated rings. The Morgan fingerprint density at radius 2 is 2.04 bits per heavy atom. The molecule has 2 aliphatic heterocycles. The van der Waals surface area contributed by atoms with Crippen molar-refractivity contribution < 1.29 is 49.6 Å². The lowest BCUT2D eigenvalue weighted by molar-refractivity contribution is -0.330. The summed E-state index contributed by atoms with van der Waals surface area (Å²) in [6.07, 6.45) is -6.63. The van der Waals surface area contributed by atoms with Crippen LogP contribution in [0, 0.1) is 0 Å². The maximum Gasteiger partial charge on any atom is 0.300 e. The molecule has 4 unspecified atom stereocenters. The third kappa shape index (κ3) is 3.63. The van der Waals surface area contributed by atoms with Crippen molar-refractivity contribution in [3.05, 3.63) is 11.5 Å². The largest absolute Gasteiger partial charge is 0.506 e. The Morgan fingerprint density at radius 1 is 1.39 bits per heavy atom. The third-order valence-corrected chi connectivity index (χ3v) is 3.74. The predicted octanol–water partition coefficient (Wildman–Crippen LogP) is -2.43. The second-order valence-corrected chi connectivity index (χ2v) is 5.61. The zero-order valence-corrected chi connectivity index (χ0v) is 12.4. The Bertz CT molecular complexity index is 491. The van der Waals surface area contributed by atoms with Gasteiger partial charge in [-0.1, -0.05) is 0 Å². The molecule has 0 spiro atoms. The highest BCUT2D eigenvalue weighted by Crippen LogP contribution is 2.29. The molecule has 23 heavy (non-hydrogen) atoms. The first-order valence-corrected chi connectivity index (χ1v) is 7.01. The first kappa shape index (κ1) is 18.1. The van der Waals surface area contributed by atoms with Crippen molar-refractivity contribution in [1.82, 2.24) is 0 Å². The summed E-state index contributed by atoms with van der Waals surface area (Å²) < 4.78 is 15.4. The number of rotatable bonds is 4. The average molecular weight is 337 g/mol. The van der Waals surface area contributed by atoms with E-state index in [4.69, 9.17) is 24.4 Å². The molecule has 0 aromatic rings. The lowest BCUT2D eigenvalue weighted by Gasteiger charge is -2.39. The molecule has 0 aromatic carbocycles. The van der Waals surface area contributed by atoms with Crippen molar-refractivity contribution in [1.29, 1.82) is 0 Å². The van der Waals surface area contributed by atoms with Gasteiger partial charge in [0, 0.05) is 0 Å². The van der Waals surface area contributed by atoms with Crippen LogP contribution in [0.2, 0.25) is 0 Å². The molecule has 2 heterocycles. The van der Waals surface area contributed by atoms with E-state index in [1.54, 1.807) is 0 Å². The fourth-order valence-corrected chi connectivity index (χ4v) is 2.42. The van der Waals surface area contributed by atoms with Crippen LogP contribution in [0.3, 0.4) is 0 Å². The Hall–Kier alpha value is -1.27. The van der Waals surface area contributed by atoms with Crippen LogP contribution < -0.4 is 0 Å². The van der Waals surface area contributed by atoms with E-state index in [2.05, 4.69) is 0 Å². The van der Waals surface area contributed by atoms with E-state index in [1.807, 2.05) is 0 Å². The van der Waals surface area contributed by atoms with E-state index in [0.29, 0.717) is 0 Å². The zero-order valence-electron chi connectivity index (χ0n) is 12.4. The molecule has 0 amide bonds. The summed E-state index contributed by atoms with van der Waals surface area (Å²) in [5, 5.41) is 55.4. The lowest BCUT2D eigenvalue weighted by atomic mass is 9.96. The molecule has 0 aromatic heterocycles. The molecule has 2 rings (SSSR count). The number of ketones is 1.